The summed E-state index contributed by atoms with van der Waals surface area (Å²) in [7, 11) is 3.46. The van der Waals surface area contributed by atoms with Crippen LogP contribution in [0.5, 0.6) is 0 Å². The predicted octanol–water partition coefficient (Wildman–Crippen LogP) is 3.89. The minimum absolute atomic E-state index is 0.516. The number of aromatic nitrogens is 2. The van der Waals surface area contributed by atoms with Crippen molar-refractivity contribution in [2.45, 2.75) is 0 Å². The summed E-state index contributed by atoms with van der Waals surface area (Å²) in [4.78, 5) is 19.5. The molecule has 0 saturated carbocycles. The molecule has 0 aliphatic carbocycles. The Kier molecular flexibility index (Phi) is 7.03. The molecule has 0 fully saturated rings. The number of halogens is 1. The maximum atomic E-state index is 10.3. The number of benzene rings is 3. The molecule has 4 aromatic rings. The molecule has 0 radical (unpaired) electrons. The molecule has 0 aliphatic heterocycles. The molecule has 0 amide bonds. The second-order valence-electron chi connectivity index (χ2n) is 6.35. The number of carbonyl (C=O) groups excluding carboxylic acids is 1. The van der Waals surface area contributed by atoms with E-state index in [0.717, 1.165) is 33.5 Å². The summed E-state index contributed by atoms with van der Waals surface area (Å²) in [6.45, 7) is 0. The Balaban J connectivity index is 0.000000239. The summed E-state index contributed by atoms with van der Waals surface area (Å²) in [5.74, 6) is 0.516. The van der Waals surface area contributed by atoms with Crippen LogP contribution in [0.4, 0.5) is 11.4 Å². The Morgan fingerprint density at radius 3 is 2.40 bits per heavy atom. The van der Waals surface area contributed by atoms with Crippen molar-refractivity contribution in [2.75, 3.05) is 19.5 Å². The van der Waals surface area contributed by atoms with E-state index in [1.54, 1.807) is 36.9 Å². The third-order valence-electron chi connectivity index (χ3n) is 4.35. The number of rotatable bonds is 5. The van der Waals surface area contributed by atoms with Crippen LogP contribution in [-0.4, -0.2) is 35.4 Å². The highest BCUT2D eigenvalue weighted by molar-refractivity contribution is 6.30. The van der Waals surface area contributed by atoms with Crippen molar-refractivity contribution in [3.8, 4) is 11.4 Å². The van der Waals surface area contributed by atoms with Crippen LogP contribution in [0.1, 0.15) is 10.4 Å². The molecule has 7 nitrogen and oxygen atoms in total. The van der Waals surface area contributed by atoms with E-state index >= 15 is 0 Å². The van der Waals surface area contributed by atoms with E-state index in [9.17, 15) is 10.0 Å². The van der Waals surface area contributed by atoms with Gasteiger partial charge in [-0.05, 0) is 42.5 Å². The second-order valence-corrected chi connectivity index (χ2v) is 6.78. The topological polar surface area (TPSA) is 93.0 Å². The highest BCUT2D eigenvalue weighted by atomic mass is 35.5. The number of hydrogen-bond donors (Lipinski definition) is 3. The smallest absolute Gasteiger partial charge is 0.176 e. The summed E-state index contributed by atoms with van der Waals surface area (Å²) in [5, 5.41) is 14.1. The van der Waals surface area contributed by atoms with Gasteiger partial charge in [0.25, 0.3) is 0 Å². The van der Waals surface area contributed by atoms with Crippen molar-refractivity contribution < 1.29 is 20.3 Å². The fourth-order valence-corrected chi connectivity index (χ4v) is 2.93. The average molecular weight is 426 g/mol. The first-order valence-corrected chi connectivity index (χ1v) is 9.50. The molecular weight excluding hydrogens is 404 g/mol. The van der Waals surface area contributed by atoms with Crippen LogP contribution in [0.2, 0.25) is 5.02 Å². The number of nitrogens with two attached hydrogens (primary N) is 1. The molecule has 0 saturated heterocycles. The SMILES string of the molecule is CNc1ccc(-c2nc3ccc([NH2+]OC)cc3n2O)cc1.O=Cc1ccc(Cl)cc1. The molecule has 1 aromatic heterocycles. The average Bonchev–Trinajstić information content (AvgIpc) is 3.11. The highest BCUT2D eigenvalue weighted by Crippen LogP contribution is 2.25. The van der Waals surface area contributed by atoms with E-state index in [-0.39, 0.29) is 0 Å². The number of hydrogen-bond acceptors (Lipinski definition) is 5. The van der Waals surface area contributed by atoms with Crippen molar-refractivity contribution in [1.82, 2.24) is 9.71 Å². The number of aldehydes is 1. The molecule has 0 unspecified atom stereocenters. The van der Waals surface area contributed by atoms with Gasteiger partial charge in [-0.2, -0.15) is 10.2 Å². The zero-order chi connectivity index (χ0) is 21.5. The molecule has 154 valence electrons. The van der Waals surface area contributed by atoms with Crippen LogP contribution in [0.3, 0.4) is 0 Å². The molecule has 0 bridgehead atoms. The Morgan fingerprint density at radius 1 is 1.10 bits per heavy atom. The van der Waals surface area contributed by atoms with Crippen molar-refractivity contribution in [1.29, 1.82) is 0 Å². The molecule has 1 heterocycles. The summed E-state index contributed by atoms with van der Waals surface area (Å²) >= 11 is 5.55. The number of nitrogens with one attached hydrogen (secondary N) is 1. The number of fused-ring (bicyclic) bond motifs is 1. The number of anilines is 1. The standard InChI is InChI=1S/C15H16N4O2.C7H5ClO/c1-16-11-5-3-10(4-6-11)15-17-13-8-7-12(18-21-2)9-14(13)19(15)20;8-7-3-1-6(5-9)2-4-7/h3-9,16,18,20H,1-2H3;1-5H/p+1. The Morgan fingerprint density at radius 2 is 1.80 bits per heavy atom. The fraction of sp³-hybridized carbons (Fsp3) is 0.0909. The lowest BCUT2D eigenvalue weighted by atomic mass is 10.2. The van der Waals surface area contributed by atoms with Crippen molar-refractivity contribution in [3.05, 3.63) is 77.3 Å². The van der Waals surface area contributed by atoms with E-state index in [2.05, 4.69) is 10.3 Å². The zero-order valence-corrected chi connectivity index (χ0v) is 17.3. The Labute approximate surface area is 178 Å². The second kappa shape index (κ2) is 9.89. The Hall–Kier alpha value is -3.39. The quantitative estimate of drug-likeness (QED) is 0.195. The van der Waals surface area contributed by atoms with Crippen LogP contribution in [0.25, 0.3) is 22.4 Å². The molecule has 4 rings (SSSR count). The van der Waals surface area contributed by atoms with Gasteiger partial charge in [0.2, 0.25) is 0 Å². The van der Waals surface area contributed by atoms with E-state index in [1.807, 2.05) is 49.5 Å². The van der Waals surface area contributed by atoms with Crippen molar-refractivity contribution in [2.24, 2.45) is 0 Å². The van der Waals surface area contributed by atoms with Crippen LogP contribution < -0.4 is 10.8 Å². The van der Waals surface area contributed by atoms with Gasteiger partial charge in [-0.1, -0.05) is 23.7 Å². The van der Waals surface area contributed by atoms with Crippen molar-refractivity contribution >= 4 is 40.3 Å². The first-order chi connectivity index (χ1) is 14.5. The minimum Gasteiger partial charge on any atom is -0.426 e. The molecule has 0 atom stereocenters. The number of quaternary nitrogens is 1. The van der Waals surface area contributed by atoms with Gasteiger partial charge < -0.3 is 10.5 Å². The Bertz CT molecular complexity index is 1130. The van der Waals surface area contributed by atoms with Crippen LogP contribution in [0.15, 0.2) is 66.7 Å². The summed E-state index contributed by atoms with van der Waals surface area (Å²) < 4.78 is 1.11. The van der Waals surface area contributed by atoms with Crippen LogP contribution in [0, 0.1) is 0 Å². The predicted molar refractivity (Wildman–Crippen MR) is 117 cm³/mol. The number of nitrogens with zero attached hydrogens (tertiary/aromatic N) is 2. The van der Waals surface area contributed by atoms with Gasteiger partial charge in [-0.15, -0.1) is 0 Å². The molecule has 3 aromatic carbocycles. The summed E-state index contributed by atoms with van der Waals surface area (Å²) in [6, 6.07) is 20.0. The van der Waals surface area contributed by atoms with Gasteiger partial charge in [-0.25, -0.2) is 9.82 Å². The lowest BCUT2D eigenvalue weighted by Crippen LogP contribution is -2.75. The van der Waals surface area contributed by atoms with Crippen molar-refractivity contribution in [3.63, 3.8) is 0 Å². The van der Waals surface area contributed by atoms with Gasteiger partial charge in [-0.3, -0.25) is 4.79 Å². The highest BCUT2D eigenvalue weighted by Gasteiger charge is 2.13. The van der Waals surface area contributed by atoms with Crippen LogP contribution >= 0.6 is 11.6 Å². The van der Waals surface area contributed by atoms with E-state index in [0.29, 0.717) is 21.9 Å². The first kappa shape index (κ1) is 21.3. The van der Waals surface area contributed by atoms with E-state index in [4.69, 9.17) is 16.4 Å². The molecule has 30 heavy (non-hydrogen) atoms. The zero-order valence-electron chi connectivity index (χ0n) is 16.5. The van der Waals surface area contributed by atoms with E-state index < -0.39 is 0 Å². The maximum absolute atomic E-state index is 10.3. The maximum Gasteiger partial charge on any atom is 0.176 e. The summed E-state index contributed by atoms with van der Waals surface area (Å²) in [5.41, 5.74) is 6.39. The third-order valence-corrected chi connectivity index (χ3v) is 4.60. The molecule has 0 aliphatic rings. The normalized spacial score (nSPS) is 10.4. The van der Waals surface area contributed by atoms with Gasteiger partial charge in [0, 0.05) is 41.0 Å². The van der Waals surface area contributed by atoms with Gasteiger partial charge in [0.1, 0.15) is 11.8 Å². The van der Waals surface area contributed by atoms with Gasteiger partial charge >= 0.3 is 0 Å². The fourth-order valence-electron chi connectivity index (χ4n) is 2.80. The number of carbonyl (C=O) groups is 1. The molecule has 4 N–H and O–H groups in total. The first-order valence-electron chi connectivity index (χ1n) is 9.12. The molecular formula is C22H22ClN4O3+. The number of imidazole rings is 1. The summed E-state index contributed by atoms with van der Waals surface area (Å²) in [6.07, 6.45) is 0.788. The van der Waals surface area contributed by atoms with Gasteiger partial charge in [0.15, 0.2) is 11.5 Å². The van der Waals surface area contributed by atoms with E-state index in [1.165, 1.54) is 0 Å². The van der Waals surface area contributed by atoms with Crippen LogP contribution in [-0.2, 0) is 4.84 Å². The monoisotopic (exact) mass is 425 g/mol. The minimum atomic E-state index is 0.516. The lowest BCUT2D eigenvalue weighted by Gasteiger charge is -2.03. The lowest BCUT2D eigenvalue weighted by molar-refractivity contribution is -0.830. The molecule has 8 heteroatoms. The largest absolute Gasteiger partial charge is 0.426 e. The molecule has 0 spiro atoms. The van der Waals surface area contributed by atoms with Gasteiger partial charge in [0.05, 0.1) is 12.6 Å². The third kappa shape index (κ3) is 4.96.